The quantitative estimate of drug-likeness (QED) is 0.0907. The van der Waals surface area contributed by atoms with Crippen LogP contribution in [0.3, 0.4) is 0 Å². The van der Waals surface area contributed by atoms with Crippen LogP contribution in [0.25, 0.3) is 0 Å². The highest BCUT2D eigenvalue weighted by atomic mass is 16.2. The molecule has 0 aromatic carbocycles. The smallest absolute Gasteiger partial charge is 0.275 e. The summed E-state index contributed by atoms with van der Waals surface area (Å²) in [5.74, 6) is -1.22. The molecule has 0 fully saturated rings. The van der Waals surface area contributed by atoms with E-state index in [-0.39, 0.29) is 119 Å². The Bertz CT molecular complexity index is 2740. The van der Waals surface area contributed by atoms with Crippen LogP contribution in [-0.4, -0.2) is 126 Å². The number of amides is 8. The lowest BCUT2D eigenvalue weighted by molar-refractivity contribution is -0.118. The van der Waals surface area contributed by atoms with Crippen LogP contribution in [0.5, 0.6) is 0 Å². The van der Waals surface area contributed by atoms with Crippen molar-refractivity contribution < 1.29 is 38.4 Å². The zero-order valence-corrected chi connectivity index (χ0v) is 43.1. The molecule has 8 amide bonds. The summed E-state index contributed by atoms with van der Waals surface area (Å²) in [7, 11) is 0. The van der Waals surface area contributed by atoms with Crippen LogP contribution in [0.2, 0.25) is 0 Å². The van der Waals surface area contributed by atoms with Crippen LogP contribution >= 0.6 is 0 Å². The van der Waals surface area contributed by atoms with Crippen LogP contribution in [0.4, 0.5) is 46.5 Å². The molecule has 404 valence electrons. The minimum absolute atomic E-state index is 0.00201. The molecule has 24 heteroatoms. The van der Waals surface area contributed by atoms with Gasteiger partial charge in [-0.3, -0.25) is 38.4 Å². The monoisotopic (exact) mass is 1060 g/mol. The van der Waals surface area contributed by atoms with E-state index in [1.807, 2.05) is 0 Å². The molecule has 78 heavy (non-hydrogen) atoms. The van der Waals surface area contributed by atoms with Gasteiger partial charge in [0.15, 0.2) is 0 Å². The van der Waals surface area contributed by atoms with Crippen LogP contribution in [0.15, 0.2) is 109 Å². The summed E-state index contributed by atoms with van der Waals surface area (Å²) >= 11 is 0. The van der Waals surface area contributed by atoms with Crippen molar-refractivity contribution in [3.8, 4) is 0 Å². The van der Waals surface area contributed by atoms with E-state index in [2.05, 4.69) is 96.1 Å². The lowest BCUT2D eigenvalue weighted by Gasteiger charge is -2.21. The van der Waals surface area contributed by atoms with Crippen molar-refractivity contribution in [3.63, 3.8) is 0 Å². The van der Waals surface area contributed by atoms with Crippen molar-refractivity contribution in [1.29, 1.82) is 0 Å². The Morgan fingerprint density at radius 3 is 0.769 bits per heavy atom. The second-order valence-corrected chi connectivity index (χ2v) is 17.8. The summed E-state index contributed by atoms with van der Waals surface area (Å²) < 4.78 is 0. The number of pyridine rings is 6. The minimum atomic E-state index is -0.572. The number of fused-ring (bicyclic) bond motifs is 12. The van der Waals surface area contributed by atoms with E-state index in [0.717, 1.165) is 38.8 Å². The number of hydrogen-bond acceptors (Lipinski definition) is 16. The van der Waals surface area contributed by atoms with E-state index in [1.54, 1.807) is 72.8 Å². The van der Waals surface area contributed by atoms with Crippen molar-refractivity contribution >= 4 is 93.8 Å². The molecule has 2 aliphatic heterocycles. The summed E-state index contributed by atoms with van der Waals surface area (Å²) in [6.07, 6.45) is 4.69. The molecule has 2 aliphatic rings. The maximum atomic E-state index is 12.8. The van der Waals surface area contributed by atoms with Crippen molar-refractivity contribution in [3.05, 3.63) is 132 Å². The van der Waals surface area contributed by atoms with Gasteiger partial charge in [0.2, 0.25) is 23.6 Å². The van der Waals surface area contributed by atoms with Gasteiger partial charge in [0.05, 0.1) is 0 Å². The second kappa shape index (κ2) is 28.5. The first-order chi connectivity index (χ1) is 37.8. The average Bonchev–Trinajstić information content (AvgIpc) is 3.44. The summed E-state index contributed by atoms with van der Waals surface area (Å²) in [5.41, 5.74) is 0.00805. The first-order valence-corrected chi connectivity index (χ1v) is 25.5. The predicted molar refractivity (Wildman–Crippen MR) is 293 cm³/mol. The van der Waals surface area contributed by atoms with E-state index >= 15 is 0 Å². The van der Waals surface area contributed by atoms with Crippen molar-refractivity contribution in [1.82, 2.24) is 39.7 Å². The van der Waals surface area contributed by atoms with Crippen LogP contribution in [-0.2, 0) is 19.2 Å². The molecule has 6 aromatic rings. The molecule has 8 heterocycles. The number of unbranched alkanes of at least 4 members (excludes halogenated alkanes) is 2. The van der Waals surface area contributed by atoms with Crippen LogP contribution < -0.4 is 42.5 Å². The molecule has 0 saturated carbocycles. The van der Waals surface area contributed by atoms with E-state index in [4.69, 9.17) is 0 Å². The van der Waals surface area contributed by atoms with Crippen molar-refractivity contribution in [2.45, 2.75) is 65.2 Å². The van der Waals surface area contributed by atoms with E-state index in [1.165, 1.54) is 36.4 Å². The molecule has 0 radical (unpaired) electrons. The number of aromatic nitrogens is 6. The van der Waals surface area contributed by atoms with Gasteiger partial charge < -0.3 is 52.3 Å². The molecule has 24 nitrogen and oxygen atoms in total. The zero-order valence-electron chi connectivity index (χ0n) is 43.1. The Kier molecular flexibility index (Phi) is 20.6. The normalized spacial score (nSPS) is 15.6. The third-order valence-electron chi connectivity index (χ3n) is 11.7. The first-order valence-electron chi connectivity index (χ1n) is 25.5. The van der Waals surface area contributed by atoms with Crippen LogP contribution in [0.1, 0.15) is 107 Å². The zero-order chi connectivity index (χ0) is 55.2. The number of rotatable bonds is 6. The summed E-state index contributed by atoms with van der Waals surface area (Å²) in [4.78, 5) is 131. The Morgan fingerprint density at radius 2 is 0.538 bits per heavy atom. The maximum absolute atomic E-state index is 12.8. The van der Waals surface area contributed by atoms with Gasteiger partial charge in [0.25, 0.3) is 23.6 Å². The molecule has 8 rings (SSSR count). The fourth-order valence-corrected chi connectivity index (χ4v) is 7.69. The lowest BCUT2D eigenvalue weighted by atomic mass is 10.2. The summed E-state index contributed by atoms with van der Waals surface area (Å²) in [5, 5.41) is 21.6. The molecule has 6 aromatic heterocycles. The lowest BCUT2D eigenvalue weighted by Crippen LogP contribution is -2.32. The number of carbonyl (C=O) groups excluding carboxylic acids is 8. The number of nitrogens with one attached hydrogen (secondary N) is 8. The molecule has 0 spiro atoms. The number of anilines is 8. The van der Waals surface area contributed by atoms with Crippen LogP contribution in [0, 0.1) is 0 Å². The van der Waals surface area contributed by atoms with Gasteiger partial charge in [-0.2, -0.15) is 0 Å². The fourth-order valence-electron chi connectivity index (χ4n) is 7.69. The SMILES string of the molecule is CCCCN1CCC(=O)Nc2cccc(n2)NC(=O)c2cccc(n2)C(=O)Nc2cccc(n2)NC(=O)CC1.CCCCN1CCC(=O)Nc2cccc(n2)NC(=O)c2cccc(n2)C(=O)Nc2cccc(n2)NC(=O)CC1. The number of nitrogens with zero attached hydrogens (tertiary/aromatic N) is 8. The Balaban J connectivity index is 0.000000226. The minimum Gasteiger partial charge on any atom is -0.311 e. The maximum Gasteiger partial charge on any atom is 0.275 e. The van der Waals surface area contributed by atoms with Gasteiger partial charge >= 0.3 is 0 Å². The molecule has 8 N–H and O–H groups in total. The van der Waals surface area contributed by atoms with E-state index < -0.39 is 23.6 Å². The molecule has 0 unspecified atom stereocenters. The third kappa shape index (κ3) is 17.9. The molecular formula is C54H60N16O8. The molecular weight excluding hydrogens is 1000 g/mol. The summed E-state index contributed by atoms with van der Waals surface area (Å²) in [6.45, 7) is 7.55. The van der Waals surface area contributed by atoms with Gasteiger partial charge in [-0.25, -0.2) is 29.9 Å². The molecule has 0 aliphatic carbocycles. The van der Waals surface area contributed by atoms with Gasteiger partial charge in [0.1, 0.15) is 69.3 Å². The Hall–Kier alpha value is -9.42. The fraction of sp³-hybridized carbons (Fsp3) is 0.296. The Labute approximate surface area is 449 Å². The van der Waals surface area contributed by atoms with Gasteiger partial charge in [-0.15, -0.1) is 0 Å². The van der Waals surface area contributed by atoms with E-state index in [0.29, 0.717) is 26.2 Å². The first kappa shape index (κ1) is 56.3. The average molecular weight is 1060 g/mol. The summed E-state index contributed by atoms with van der Waals surface area (Å²) in [6, 6.07) is 28.4. The highest BCUT2D eigenvalue weighted by Gasteiger charge is 2.19. The molecule has 0 saturated heterocycles. The second-order valence-electron chi connectivity index (χ2n) is 17.8. The van der Waals surface area contributed by atoms with Gasteiger partial charge in [-0.05, 0) is 98.7 Å². The highest BCUT2D eigenvalue weighted by molar-refractivity contribution is 6.07. The number of hydrogen-bond donors (Lipinski definition) is 8. The largest absolute Gasteiger partial charge is 0.311 e. The number of carbonyl (C=O) groups is 8. The molecule has 0 atom stereocenters. The van der Waals surface area contributed by atoms with E-state index in [9.17, 15) is 38.4 Å². The van der Waals surface area contributed by atoms with Gasteiger partial charge in [0, 0.05) is 51.9 Å². The predicted octanol–water partition coefficient (Wildman–Crippen LogP) is 6.30. The highest BCUT2D eigenvalue weighted by Crippen LogP contribution is 2.17. The standard InChI is InChI=1S/2C27H30N8O4/c2*1-2-3-15-35-16-13-24(36)31-20-9-5-11-22(29-20)33-26(38)18-7-4-8-19(28-18)27(39)34-23-12-6-10-21(30-23)32-25(37)14-17-35/h2*4-12H,2-3,13-17H2,1H3,(H2,29,31,33,36,38)(H2,30,32,34,37,39). The van der Waals surface area contributed by atoms with Crippen molar-refractivity contribution in [2.75, 3.05) is 81.8 Å². The van der Waals surface area contributed by atoms with Crippen molar-refractivity contribution in [2.24, 2.45) is 0 Å². The molecule has 12 bridgehead atoms. The Morgan fingerprint density at radius 1 is 0.321 bits per heavy atom. The third-order valence-corrected chi connectivity index (χ3v) is 11.7. The topological polar surface area (TPSA) is 317 Å². The van der Waals surface area contributed by atoms with Gasteiger partial charge in [-0.1, -0.05) is 63.1 Å².